The largest absolute Gasteiger partial charge is 0.519 e. The molecule has 0 spiro atoms. The SMILES string of the molecule is COc1cc(OC)cc(OC(=O)Oc2cc(OC)cc(OC)c2)c1. The predicted octanol–water partition coefficient (Wildman–Crippen LogP) is 3.30. The molecule has 0 saturated heterocycles. The van der Waals surface area contributed by atoms with Gasteiger partial charge in [-0.2, -0.15) is 0 Å². The minimum Gasteiger partial charge on any atom is -0.496 e. The number of carbonyl (C=O) groups is 1. The number of rotatable bonds is 6. The Morgan fingerprint density at radius 2 is 0.792 bits per heavy atom. The molecule has 0 aliphatic rings. The van der Waals surface area contributed by atoms with Gasteiger partial charge in [0.25, 0.3) is 0 Å². The van der Waals surface area contributed by atoms with Crippen LogP contribution in [0.3, 0.4) is 0 Å². The van der Waals surface area contributed by atoms with Crippen LogP contribution in [-0.2, 0) is 0 Å². The van der Waals surface area contributed by atoms with E-state index in [1.165, 1.54) is 52.7 Å². The van der Waals surface area contributed by atoms with Crippen LogP contribution in [0.2, 0.25) is 0 Å². The molecule has 128 valence electrons. The highest BCUT2D eigenvalue weighted by Crippen LogP contribution is 2.29. The van der Waals surface area contributed by atoms with E-state index >= 15 is 0 Å². The van der Waals surface area contributed by atoms with Gasteiger partial charge in [-0.3, -0.25) is 0 Å². The zero-order valence-corrected chi connectivity index (χ0v) is 13.8. The summed E-state index contributed by atoms with van der Waals surface area (Å²) in [6.07, 6.45) is -0.916. The maximum absolute atomic E-state index is 12.0. The lowest BCUT2D eigenvalue weighted by molar-refractivity contribution is 0.151. The van der Waals surface area contributed by atoms with Gasteiger partial charge in [-0.15, -0.1) is 0 Å². The molecule has 0 fully saturated rings. The lowest BCUT2D eigenvalue weighted by Gasteiger charge is -2.10. The first-order chi connectivity index (χ1) is 11.6. The lowest BCUT2D eigenvalue weighted by Crippen LogP contribution is -2.14. The summed E-state index contributed by atoms with van der Waals surface area (Å²) in [6.45, 7) is 0. The number of hydrogen-bond donors (Lipinski definition) is 0. The molecule has 0 N–H and O–H groups in total. The van der Waals surface area contributed by atoms with Crippen LogP contribution in [-0.4, -0.2) is 34.6 Å². The van der Waals surface area contributed by atoms with E-state index in [1.807, 2.05) is 0 Å². The van der Waals surface area contributed by atoms with Gasteiger partial charge in [-0.05, 0) is 0 Å². The van der Waals surface area contributed by atoms with E-state index in [0.717, 1.165) is 0 Å². The predicted molar refractivity (Wildman–Crippen MR) is 85.7 cm³/mol. The minimum atomic E-state index is -0.916. The Morgan fingerprint density at radius 3 is 1.04 bits per heavy atom. The van der Waals surface area contributed by atoms with Gasteiger partial charge in [0, 0.05) is 36.4 Å². The third-order valence-corrected chi connectivity index (χ3v) is 3.05. The molecular formula is C17H18O7. The third-order valence-electron chi connectivity index (χ3n) is 3.05. The molecule has 0 bridgehead atoms. The van der Waals surface area contributed by atoms with Crippen LogP contribution in [0.5, 0.6) is 34.5 Å². The molecule has 24 heavy (non-hydrogen) atoms. The highest BCUT2D eigenvalue weighted by atomic mass is 16.7. The summed E-state index contributed by atoms with van der Waals surface area (Å²) >= 11 is 0. The van der Waals surface area contributed by atoms with Crippen molar-refractivity contribution in [1.29, 1.82) is 0 Å². The Kier molecular flexibility index (Phi) is 5.73. The molecule has 0 aliphatic heterocycles. The first-order valence-electron chi connectivity index (χ1n) is 6.93. The Bertz CT molecular complexity index is 608. The molecule has 2 aromatic rings. The molecule has 7 heteroatoms. The number of ether oxygens (including phenoxy) is 6. The van der Waals surface area contributed by atoms with Crippen molar-refractivity contribution in [3.63, 3.8) is 0 Å². The average Bonchev–Trinajstić information content (AvgIpc) is 2.60. The van der Waals surface area contributed by atoms with Crippen molar-refractivity contribution in [3.05, 3.63) is 36.4 Å². The second-order valence-corrected chi connectivity index (χ2v) is 4.55. The highest BCUT2D eigenvalue weighted by Gasteiger charge is 2.12. The van der Waals surface area contributed by atoms with Crippen LogP contribution in [0, 0.1) is 0 Å². The zero-order chi connectivity index (χ0) is 17.5. The molecule has 0 aliphatic carbocycles. The second-order valence-electron chi connectivity index (χ2n) is 4.55. The van der Waals surface area contributed by atoms with Gasteiger partial charge in [-0.25, -0.2) is 4.79 Å². The van der Waals surface area contributed by atoms with Crippen molar-refractivity contribution in [2.75, 3.05) is 28.4 Å². The quantitative estimate of drug-likeness (QED) is 0.593. The van der Waals surface area contributed by atoms with Crippen molar-refractivity contribution in [1.82, 2.24) is 0 Å². The van der Waals surface area contributed by atoms with E-state index in [0.29, 0.717) is 23.0 Å². The monoisotopic (exact) mass is 334 g/mol. The van der Waals surface area contributed by atoms with Crippen LogP contribution in [0.25, 0.3) is 0 Å². The van der Waals surface area contributed by atoms with E-state index in [4.69, 9.17) is 28.4 Å². The summed E-state index contributed by atoms with van der Waals surface area (Å²) in [4.78, 5) is 12.0. The average molecular weight is 334 g/mol. The van der Waals surface area contributed by atoms with Gasteiger partial charge in [0.1, 0.15) is 34.5 Å². The van der Waals surface area contributed by atoms with Crippen LogP contribution in [0.15, 0.2) is 36.4 Å². The zero-order valence-electron chi connectivity index (χ0n) is 13.8. The standard InChI is InChI=1S/C17H18O7/c1-19-11-5-12(20-2)8-15(7-11)23-17(18)24-16-9-13(21-3)6-14(10-16)22-4/h5-10H,1-4H3. The van der Waals surface area contributed by atoms with Crippen molar-refractivity contribution >= 4 is 6.16 Å². The molecule has 0 aromatic heterocycles. The first-order valence-corrected chi connectivity index (χ1v) is 6.93. The smallest absolute Gasteiger partial charge is 0.496 e. The Hall–Kier alpha value is -3.09. The summed E-state index contributed by atoms with van der Waals surface area (Å²) in [5.41, 5.74) is 0. The van der Waals surface area contributed by atoms with Crippen LogP contribution < -0.4 is 28.4 Å². The van der Waals surface area contributed by atoms with Gasteiger partial charge >= 0.3 is 6.16 Å². The maximum Gasteiger partial charge on any atom is 0.519 e. The molecule has 0 saturated carbocycles. The lowest BCUT2D eigenvalue weighted by atomic mass is 10.3. The Labute approximate surface area is 139 Å². The molecule has 7 nitrogen and oxygen atoms in total. The number of benzene rings is 2. The summed E-state index contributed by atoms with van der Waals surface area (Å²) in [7, 11) is 6.00. The summed E-state index contributed by atoms with van der Waals surface area (Å²) in [5.74, 6) is 2.40. The highest BCUT2D eigenvalue weighted by molar-refractivity contribution is 5.68. The van der Waals surface area contributed by atoms with E-state index < -0.39 is 6.16 Å². The van der Waals surface area contributed by atoms with E-state index in [9.17, 15) is 4.79 Å². The summed E-state index contributed by atoms with van der Waals surface area (Å²) in [5, 5.41) is 0. The van der Waals surface area contributed by atoms with Crippen molar-refractivity contribution in [3.8, 4) is 34.5 Å². The molecule has 2 aromatic carbocycles. The molecule has 0 amide bonds. The van der Waals surface area contributed by atoms with Crippen molar-refractivity contribution in [2.45, 2.75) is 0 Å². The van der Waals surface area contributed by atoms with Crippen molar-refractivity contribution < 1.29 is 33.2 Å². The summed E-state index contributed by atoms with van der Waals surface area (Å²) < 4.78 is 30.7. The number of methoxy groups -OCH3 is 4. The van der Waals surface area contributed by atoms with E-state index in [1.54, 1.807) is 12.1 Å². The topological polar surface area (TPSA) is 72.5 Å². The molecule has 0 atom stereocenters. The first kappa shape index (κ1) is 17.3. The van der Waals surface area contributed by atoms with Gasteiger partial charge in [0.05, 0.1) is 28.4 Å². The van der Waals surface area contributed by atoms with Gasteiger partial charge in [-0.1, -0.05) is 0 Å². The van der Waals surface area contributed by atoms with Gasteiger partial charge in [0.2, 0.25) is 0 Å². The molecule has 2 rings (SSSR count). The van der Waals surface area contributed by atoms with Gasteiger partial charge < -0.3 is 28.4 Å². The van der Waals surface area contributed by atoms with Crippen LogP contribution >= 0.6 is 0 Å². The fourth-order valence-corrected chi connectivity index (χ4v) is 1.89. The number of carbonyl (C=O) groups excluding carboxylic acids is 1. The van der Waals surface area contributed by atoms with E-state index in [-0.39, 0.29) is 11.5 Å². The fourth-order valence-electron chi connectivity index (χ4n) is 1.89. The normalized spacial score (nSPS) is 9.83. The second kappa shape index (κ2) is 7.96. The van der Waals surface area contributed by atoms with Crippen LogP contribution in [0.4, 0.5) is 4.79 Å². The minimum absolute atomic E-state index is 0.228. The molecule has 0 unspecified atom stereocenters. The molecular weight excluding hydrogens is 316 g/mol. The summed E-state index contributed by atoms with van der Waals surface area (Å²) in [6, 6.07) is 9.47. The van der Waals surface area contributed by atoms with Gasteiger partial charge in [0.15, 0.2) is 0 Å². The Morgan fingerprint density at radius 1 is 0.542 bits per heavy atom. The van der Waals surface area contributed by atoms with E-state index in [2.05, 4.69) is 0 Å². The number of hydrogen-bond acceptors (Lipinski definition) is 7. The van der Waals surface area contributed by atoms with Crippen molar-refractivity contribution in [2.24, 2.45) is 0 Å². The molecule has 0 radical (unpaired) electrons. The fraction of sp³-hybridized carbons (Fsp3) is 0.235. The van der Waals surface area contributed by atoms with Crippen LogP contribution in [0.1, 0.15) is 0 Å². The third kappa shape index (κ3) is 4.45. The maximum atomic E-state index is 12.0. The molecule has 0 heterocycles. The Balaban J connectivity index is 2.13.